The van der Waals surface area contributed by atoms with Gasteiger partial charge in [0.25, 0.3) is 0 Å². The van der Waals surface area contributed by atoms with Crippen molar-refractivity contribution in [2.24, 2.45) is 10.8 Å². The standard InChI is InChI=1S/C13H29B/c1-8-11(3,4)10-12(5,6)13(7,14)9-2/h8-10,14H2,1-7H3/t13-/m0/s1. The van der Waals surface area contributed by atoms with Crippen LogP contribution in [0.25, 0.3) is 0 Å². The average molecular weight is 196 g/mol. The summed E-state index contributed by atoms with van der Waals surface area (Å²) < 4.78 is 0. The molecule has 14 heavy (non-hydrogen) atoms. The van der Waals surface area contributed by atoms with Crippen LogP contribution >= 0.6 is 0 Å². The minimum Gasteiger partial charge on any atom is -0.0664 e. The van der Waals surface area contributed by atoms with Gasteiger partial charge in [-0.1, -0.05) is 66.6 Å². The zero-order valence-electron chi connectivity index (χ0n) is 11.6. The summed E-state index contributed by atoms with van der Waals surface area (Å²) in [6, 6.07) is 0. The molecule has 0 radical (unpaired) electrons. The molecule has 0 aromatic carbocycles. The molecule has 0 aromatic rings. The highest BCUT2D eigenvalue weighted by atomic mass is 14.4. The Morgan fingerprint density at radius 2 is 1.29 bits per heavy atom. The van der Waals surface area contributed by atoms with Gasteiger partial charge < -0.3 is 0 Å². The molecule has 0 aliphatic rings. The van der Waals surface area contributed by atoms with Gasteiger partial charge in [-0.05, 0) is 17.3 Å². The third-order valence-electron chi connectivity index (χ3n) is 4.59. The molecule has 0 N–H and O–H groups in total. The summed E-state index contributed by atoms with van der Waals surface area (Å²) in [4.78, 5) is 0. The van der Waals surface area contributed by atoms with Crippen molar-refractivity contribution in [3.05, 3.63) is 0 Å². The van der Waals surface area contributed by atoms with Crippen LogP contribution in [-0.2, 0) is 0 Å². The summed E-state index contributed by atoms with van der Waals surface area (Å²) in [6.07, 6.45) is 3.85. The normalized spacial score (nSPS) is 17.9. The molecule has 0 unspecified atom stereocenters. The van der Waals surface area contributed by atoms with Crippen molar-refractivity contribution < 1.29 is 0 Å². The van der Waals surface area contributed by atoms with Crippen LogP contribution < -0.4 is 0 Å². The van der Waals surface area contributed by atoms with Gasteiger partial charge in [-0.3, -0.25) is 0 Å². The molecule has 0 rings (SSSR count). The van der Waals surface area contributed by atoms with E-state index in [1.165, 1.54) is 19.3 Å². The lowest BCUT2D eigenvalue weighted by Gasteiger charge is -2.46. The van der Waals surface area contributed by atoms with E-state index >= 15 is 0 Å². The zero-order chi connectivity index (χ0) is 11.6. The summed E-state index contributed by atoms with van der Waals surface area (Å²) in [7, 11) is 2.40. The fourth-order valence-electron chi connectivity index (χ4n) is 2.04. The molecular formula is C13H29B. The Bertz CT molecular complexity index is 178. The van der Waals surface area contributed by atoms with Crippen LogP contribution in [0.15, 0.2) is 0 Å². The quantitative estimate of drug-likeness (QED) is 0.581. The average Bonchev–Trinajstić information content (AvgIpc) is 2.02. The van der Waals surface area contributed by atoms with Crippen molar-refractivity contribution in [3.63, 3.8) is 0 Å². The van der Waals surface area contributed by atoms with Crippen LogP contribution in [0.3, 0.4) is 0 Å². The molecule has 0 nitrogen and oxygen atoms in total. The predicted molar refractivity (Wildman–Crippen MR) is 69.7 cm³/mol. The summed E-state index contributed by atoms with van der Waals surface area (Å²) >= 11 is 0. The number of hydrogen-bond acceptors (Lipinski definition) is 0. The van der Waals surface area contributed by atoms with Crippen molar-refractivity contribution in [2.75, 3.05) is 0 Å². The second-order valence-electron chi connectivity index (χ2n) is 6.82. The van der Waals surface area contributed by atoms with E-state index in [4.69, 9.17) is 0 Å². The number of hydrogen-bond donors (Lipinski definition) is 0. The van der Waals surface area contributed by atoms with Gasteiger partial charge in [0.2, 0.25) is 0 Å². The molecule has 84 valence electrons. The van der Waals surface area contributed by atoms with E-state index in [1.807, 2.05) is 0 Å². The van der Waals surface area contributed by atoms with E-state index < -0.39 is 0 Å². The van der Waals surface area contributed by atoms with Crippen molar-refractivity contribution in [1.82, 2.24) is 0 Å². The Balaban J connectivity index is 4.64. The highest BCUT2D eigenvalue weighted by molar-refractivity contribution is 6.15. The van der Waals surface area contributed by atoms with Crippen molar-refractivity contribution in [3.8, 4) is 0 Å². The molecule has 0 heterocycles. The maximum absolute atomic E-state index is 2.42. The van der Waals surface area contributed by atoms with Gasteiger partial charge >= 0.3 is 0 Å². The van der Waals surface area contributed by atoms with E-state index in [9.17, 15) is 0 Å². The molecule has 0 fully saturated rings. The molecule has 1 atom stereocenters. The first-order chi connectivity index (χ1) is 6.08. The third kappa shape index (κ3) is 3.33. The van der Waals surface area contributed by atoms with E-state index in [0.717, 1.165) is 0 Å². The Morgan fingerprint density at radius 1 is 0.857 bits per heavy atom. The third-order valence-corrected chi connectivity index (χ3v) is 4.59. The first-order valence-electron chi connectivity index (χ1n) is 6.08. The second kappa shape index (κ2) is 4.29. The highest BCUT2D eigenvalue weighted by Gasteiger charge is 2.38. The lowest BCUT2D eigenvalue weighted by molar-refractivity contribution is 0.135. The van der Waals surface area contributed by atoms with Crippen LogP contribution in [0.5, 0.6) is 0 Å². The summed E-state index contributed by atoms with van der Waals surface area (Å²) in [5, 5.41) is 0.444. The zero-order valence-corrected chi connectivity index (χ0v) is 11.6. The van der Waals surface area contributed by atoms with Gasteiger partial charge in [-0.25, -0.2) is 0 Å². The summed E-state index contributed by atoms with van der Waals surface area (Å²) in [5.74, 6) is 0. The van der Waals surface area contributed by atoms with Gasteiger partial charge in [0.05, 0.1) is 0 Å². The fourth-order valence-corrected chi connectivity index (χ4v) is 2.04. The lowest BCUT2D eigenvalue weighted by atomic mass is 9.50. The number of rotatable bonds is 5. The molecule has 0 spiro atoms. The van der Waals surface area contributed by atoms with Gasteiger partial charge in [0.1, 0.15) is 7.85 Å². The van der Waals surface area contributed by atoms with Crippen LogP contribution in [0.2, 0.25) is 5.31 Å². The van der Waals surface area contributed by atoms with Crippen molar-refractivity contribution in [2.45, 2.75) is 73.0 Å². The molecule has 0 amide bonds. The Hall–Kier alpha value is 0.0649. The monoisotopic (exact) mass is 196 g/mol. The fraction of sp³-hybridized carbons (Fsp3) is 1.00. The molecule has 0 bridgehead atoms. The van der Waals surface area contributed by atoms with Gasteiger partial charge in [0.15, 0.2) is 0 Å². The smallest absolute Gasteiger partial charge is 0.0664 e. The topological polar surface area (TPSA) is 0 Å². The molecule has 0 saturated heterocycles. The van der Waals surface area contributed by atoms with Crippen LogP contribution in [0.4, 0.5) is 0 Å². The Labute approximate surface area is 92.3 Å². The maximum Gasteiger partial charge on any atom is 0.109 e. The van der Waals surface area contributed by atoms with Gasteiger partial charge in [-0.15, -0.1) is 0 Å². The molecule has 0 saturated carbocycles. The molecule has 1 heteroatoms. The van der Waals surface area contributed by atoms with E-state index in [-0.39, 0.29) is 0 Å². The Morgan fingerprint density at radius 3 is 1.57 bits per heavy atom. The van der Waals surface area contributed by atoms with Crippen LogP contribution in [-0.4, -0.2) is 7.85 Å². The second-order valence-corrected chi connectivity index (χ2v) is 6.82. The highest BCUT2D eigenvalue weighted by Crippen LogP contribution is 2.52. The minimum atomic E-state index is 0.432. The van der Waals surface area contributed by atoms with Crippen LogP contribution in [0, 0.1) is 10.8 Å². The SMILES string of the molecule is B[C@@](C)(CC)C(C)(C)CC(C)(C)CC. The Kier molecular flexibility index (Phi) is 4.31. The molecule has 0 aromatic heterocycles. The summed E-state index contributed by atoms with van der Waals surface area (Å²) in [5.41, 5.74) is 0.914. The first-order valence-corrected chi connectivity index (χ1v) is 6.08. The van der Waals surface area contributed by atoms with Crippen molar-refractivity contribution in [1.29, 1.82) is 0 Å². The largest absolute Gasteiger partial charge is 0.109 e. The van der Waals surface area contributed by atoms with E-state index in [1.54, 1.807) is 0 Å². The lowest BCUT2D eigenvalue weighted by Crippen LogP contribution is -2.33. The predicted octanol–water partition coefficient (Wildman–Crippen LogP) is 4.06. The molecular weight excluding hydrogens is 167 g/mol. The maximum atomic E-state index is 2.42. The van der Waals surface area contributed by atoms with Gasteiger partial charge in [-0.2, -0.15) is 0 Å². The molecule has 0 aliphatic heterocycles. The summed E-state index contributed by atoms with van der Waals surface area (Å²) in [6.45, 7) is 16.6. The minimum absolute atomic E-state index is 0.432. The van der Waals surface area contributed by atoms with Crippen LogP contribution in [0.1, 0.15) is 67.7 Å². The first kappa shape index (κ1) is 14.1. The van der Waals surface area contributed by atoms with E-state index in [2.05, 4.69) is 56.3 Å². The van der Waals surface area contributed by atoms with E-state index in [0.29, 0.717) is 16.1 Å². The van der Waals surface area contributed by atoms with Crippen molar-refractivity contribution >= 4 is 7.85 Å². The van der Waals surface area contributed by atoms with Gasteiger partial charge in [0, 0.05) is 0 Å². The molecule has 0 aliphatic carbocycles.